The smallest absolute Gasteiger partial charge is 0.0159 e. The molecule has 0 radical (unpaired) electrons. The fraction of sp³-hybridized carbons (Fsp3) is 0.0667. The van der Waals surface area contributed by atoms with Crippen LogP contribution < -0.4 is 0 Å². The van der Waals surface area contributed by atoms with E-state index in [4.69, 9.17) is 0 Å². The summed E-state index contributed by atoms with van der Waals surface area (Å²) < 4.78 is 0. The van der Waals surface area contributed by atoms with Crippen LogP contribution in [-0.4, -0.2) is 0 Å². The largest absolute Gasteiger partial charge is 0.0622 e. The van der Waals surface area contributed by atoms with E-state index in [-0.39, 0.29) is 5.41 Å². The van der Waals surface area contributed by atoms with Crippen molar-refractivity contribution in [2.75, 3.05) is 0 Å². The highest BCUT2D eigenvalue weighted by molar-refractivity contribution is 6.21. The molecule has 0 aromatic heterocycles. The van der Waals surface area contributed by atoms with Gasteiger partial charge in [-0.15, -0.1) is 0 Å². The van der Waals surface area contributed by atoms with E-state index in [0.29, 0.717) is 0 Å². The van der Waals surface area contributed by atoms with Crippen molar-refractivity contribution < 1.29 is 0 Å². The molecule has 0 atom stereocenters. The molecule has 0 spiro atoms. The summed E-state index contributed by atoms with van der Waals surface area (Å²) in [4.78, 5) is 0. The van der Waals surface area contributed by atoms with Crippen LogP contribution in [0.15, 0.2) is 158 Å². The van der Waals surface area contributed by atoms with E-state index in [1.807, 2.05) is 0 Å². The molecule has 0 heterocycles. The van der Waals surface area contributed by atoms with Crippen LogP contribution in [0.25, 0.3) is 76.8 Å². The number of fused-ring (bicyclic) bond motifs is 7. The average Bonchev–Trinajstić information content (AvgIpc) is 3.33. The molecule has 0 aliphatic heterocycles. The minimum Gasteiger partial charge on any atom is -0.0622 e. The molecule has 0 fully saturated rings. The Morgan fingerprint density at radius 3 is 1.42 bits per heavy atom. The molecule has 212 valence electrons. The van der Waals surface area contributed by atoms with Crippen LogP contribution in [0, 0.1) is 0 Å². The van der Waals surface area contributed by atoms with E-state index < -0.39 is 0 Å². The van der Waals surface area contributed by atoms with Gasteiger partial charge in [-0.25, -0.2) is 0 Å². The molecule has 0 saturated heterocycles. The lowest BCUT2D eigenvalue weighted by Gasteiger charge is -2.23. The number of hydrogen-bond donors (Lipinski definition) is 0. The molecule has 0 amide bonds. The fourth-order valence-electron chi connectivity index (χ4n) is 7.99. The Hall–Kier alpha value is -5.46. The topological polar surface area (TPSA) is 0 Å². The normalized spacial score (nSPS) is 13.3. The summed E-state index contributed by atoms with van der Waals surface area (Å²) in [6, 6.07) is 58.3. The molecular weight excluding hydrogens is 540 g/mol. The van der Waals surface area contributed by atoms with E-state index >= 15 is 0 Å². The van der Waals surface area contributed by atoms with Gasteiger partial charge in [0, 0.05) is 5.41 Å². The first kappa shape index (κ1) is 26.0. The summed E-state index contributed by atoms with van der Waals surface area (Å²) in [6.45, 7) is 4.75. The monoisotopic (exact) mass is 572 g/mol. The van der Waals surface area contributed by atoms with E-state index in [1.54, 1.807) is 0 Å². The van der Waals surface area contributed by atoms with Crippen LogP contribution in [0.1, 0.15) is 25.0 Å². The molecule has 8 aromatic carbocycles. The second-order valence-electron chi connectivity index (χ2n) is 12.9. The Bertz CT molecular complexity index is 2390. The first-order chi connectivity index (χ1) is 22.1. The van der Waals surface area contributed by atoms with Crippen molar-refractivity contribution in [2.24, 2.45) is 0 Å². The summed E-state index contributed by atoms with van der Waals surface area (Å²) >= 11 is 0. The van der Waals surface area contributed by atoms with Crippen LogP contribution in [-0.2, 0) is 5.41 Å². The summed E-state index contributed by atoms with van der Waals surface area (Å²) in [5, 5.41) is 7.76. The van der Waals surface area contributed by atoms with Crippen LogP contribution in [0.4, 0.5) is 0 Å². The maximum absolute atomic E-state index is 2.48. The van der Waals surface area contributed by atoms with Crippen LogP contribution in [0.2, 0.25) is 0 Å². The number of benzene rings is 8. The van der Waals surface area contributed by atoms with Gasteiger partial charge in [-0.05, 0) is 100 Å². The Balaban J connectivity index is 1.32. The molecule has 0 saturated carbocycles. The minimum absolute atomic E-state index is 0.0675. The second kappa shape index (κ2) is 9.78. The van der Waals surface area contributed by atoms with Crippen molar-refractivity contribution >= 4 is 32.3 Å². The highest BCUT2D eigenvalue weighted by atomic mass is 14.4. The molecule has 0 nitrogen and oxygen atoms in total. The maximum Gasteiger partial charge on any atom is 0.0159 e. The summed E-state index contributed by atoms with van der Waals surface area (Å²) in [5.41, 5.74) is 13.1. The highest BCUT2D eigenvalue weighted by Crippen LogP contribution is 2.53. The molecule has 0 N–H and O–H groups in total. The van der Waals surface area contributed by atoms with Crippen molar-refractivity contribution in [1.29, 1.82) is 0 Å². The van der Waals surface area contributed by atoms with Gasteiger partial charge in [0.05, 0.1) is 0 Å². The van der Waals surface area contributed by atoms with Gasteiger partial charge in [-0.3, -0.25) is 0 Å². The Labute approximate surface area is 264 Å². The quantitative estimate of drug-likeness (QED) is 0.185. The average molecular weight is 573 g/mol. The van der Waals surface area contributed by atoms with E-state index in [9.17, 15) is 0 Å². The van der Waals surface area contributed by atoms with E-state index in [0.717, 1.165) is 0 Å². The van der Waals surface area contributed by atoms with Gasteiger partial charge in [0.15, 0.2) is 0 Å². The van der Waals surface area contributed by atoms with Gasteiger partial charge >= 0.3 is 0 Å². The van der Waals surface area contributed by atoms with Crippen LogP contribution >= 0.6 is 0 Å². The molecule has 1 aliphatic rings. The minimum atomic E-state index is -0.0675. The van der Waals surface area contributed by atoms with Crippen molar-refractivity contribution in [3.63, 3.8) is 0 Å². The third-order valence-electron chi connectivity index (χ3n) is 10.0. The first-order valence-electron chi connectivity index (χ1n) is 15.9. The number of hydrogen-bond acceptors (Lipinski definition) is 0. The van der Waals surface area contributed by atoms with Gasteiger partial charge < -0.3 is 0 Å². The van der Waals surface area contributed by atoms with Crippen LogP contribution in [0.5, 0.6) is 0 Å². The van der Waals surface area contributed by atoms with Gasteiger partial charge in [0.1, 0.15) is 0 Å². The lowest BCUT2D eigenvalue weighted by atomic mass is 9.80. The second-order valence-corrected chi connectivity index (χ2v) is 12.9. The third kappa shape index (κ3) is 3.79. The van der Waals surface area contributed by atoms with Gasteiger partial charge in [-0.2, -0.15) is 0 Å². The summed E-state index contributed by atoms with van der Waals surface area (Å²) in [7, 11) is 0. The molecule has 0 bridgehead atoms. The Morgan fingerprint density at radius 2 is 0.778 bits per heavy atom. The molecule has 0 heteroatoms. The predicted molar refractivity (Wildman–Crippen MR) is 193 cm³/mol. The molecule has 9 rings (SSSR count). The summed E-state index contributed by atoms with van der Waals surface area (Å²) in [5.74, 6) is 0. The lowest BCUT2D eigenvalue weighted by molar-refractivity contribution is 0.661. The Morgan fingerprint density at radius 1 is 0.311 bits per heavy atom. The zero-order valence-corrected chi connectivity index (χ0v) is 25.5. The van der Waals surface area contributed by atoms with Gasteiger partial charge in [0.25, 0.3) is 0 Å². The van der Waals surface area contributed by atoms with Gasteiger partial charge in [-0.1, -0.05) is 159 Å². The number of rotatable bonds is 3. The van der Waals surface area contributed by atoms with E-state index in [1.165, 1.54) is 88.0 Å². The molecule has 8 aromatic rings. The third-order valence-corrected chi connectivity index (χ3v) is 10.0. The molecule has 45 heavy (non-hydrogen) atoms. The summed E-state index contributed by atoms with van der Waals surface area (Å²) in [6.07, 6.45) is 0. The van der Waals surface area contributed by atoms with Gasteiger partial charge in [0.2, 0.25) is 0 Å². The first-order valence-corrected chi connectivity index (χ1v) is 15.9. The zero-order valence-electron chi connectivity index (χ0n) is 25.5. The van der Waals surface area contributed by atoms with Crippen molar-refractivity contribution in [1.82, 2.24) is 0 Å². The lowest BCUT2D eigenvalue weighted by Crippen LogP contribution is -2.15. The molecular formula is C45H32. The standard InChI is InChI=1S/C45H32/c1-45(2)40-26-13-12-25-38(40)44-33-20-7-6-19-32(33)39(28-41(44)45)30-17-14-18-31(27-30)43-36-23-10-8-21-34(36)42(29-15-4-3-5-16-29)35-22-9-11-24-37(35)43/h3-28H,1-2H3. The van der Waals surface area contributed by atoms with Crippen molar-refractivity contribution in [3.05, 3.63) is 169 Å². The predicted octanol–water partition coefficient (Wildman–Crippen LogP) is 12.5. The zero-order chi connectivity index (χ0) is 30.1. The van der Waals surface area contributed by atoms with Crippen LogP contribution in [0.3, 0.4) is 0 Å². The maximum atomic E-state index is 2.48. The highest BCUT2D eigenvalue weighted by Gasteiger charge is 2.37. The Kier molecular flexibility index (Phi) is 5.64. The fourth-order valence-corrected chi connectivity index (χ4v) is 7.99. The van der Waals surface area contributed by atoms with E-state index in [2.05, 4.69) is 172 Å². The SMILES string of the molecule is CC1(C)c2ccccc2-c2c1cc(-c1cccc(-c3c4ccccc4c(-c4ccccc4)c4ccccc34)c1)c1ccccc21. The van der Waals surface area contributed by atoms with Crippen molar-refractivity contribution in [2.45, 2.75) is 19.3 Å². The van der Waals surface area contributed by atoms with Crippen molar-refractivity contribution in [3.8, 4) is 44.5 Å². The molecule has 0 unspecified atom stereocenters. The molecule has 1 aliphatic carbocycles.